The first kappa shape index (κ1) is 15.1. The van der Waals surface area contributed by atoms with Crippen LogP contribution in [-0.2, 0) is 4.79 Å². The van der Waals surface area contributed by atoms with E-state index in [1.807, 2.05) is 39.0 Å². The first-order valence-electron chi connectivity index (χ1n) is 6.90. The molecule has 0 atom stereocenters. The molecule has 0 radical (unpaired) electrons. The summed E-state index contributed by atoms with van der Waals surface area (Å²) in [5.41, 5.74) is 1.05. The molecule has 0 unspecified atom stereocenters. The van der Waals surface area contributed by atoms with Gasteiger partial charge in [0.15, 0.2) is 0 Å². The highest BCUT2D eigenvalue weighted by molar-refractivity contribution is 6.06. The molecular weight excluding hydrogens is 268 g/mol. The van der Waals surface area contributed by atoms with E-state index in [9.17, 15) is 9.59 Å². The molecule has 0 fully saturated rings. The summed E-state index contributed by atoms with van der Waals surface area (Å²) in [6, 6.07) is 7.37. The van der Waals surface area contributed by atoms with E-state index in [2.05, 4.69) is 4.98 Å². The van der Waals surface area contributed by atoms with E-state index < -0.39 is 11.5 Å². The van der Waals surface area contributed by atoms with Crippen LogP contribution in [0.1, 0.15) is 37.6 Å². The summed E-state index contributed by atoms with van der Waals surface area (Å²) < 4.78 is 0. The second kappa shape index (κ2) is 5.60. The fraction of sp³-hybridized carbons (Fsp3) is 0.375. The number of carbonyl (C=O) groups excluding carboxylic acids is 1. The number of aliphatic carboxylic acids is 1. The minimum atomic E-state index is -0.906. The molecule has 5 nitrogen and oxygen atoms in total. The Hall–Kier alpha value is -2.30. The maximum absolute atomic E-state index is 12.8. The molecule has 0 saturated heterocycles. The number of aromatic amines is 1. The standard InChI is InChI=1S/C16H20N2O3/c1-16(2,3)18(10-8-14(19)20)15(21)12-5-4-6-13-11(12)7-9-17-13/h4-7,9,17H,8,10H2,1-3H3,(H,19,20). The van der Waals surface area contributed by atoms with E-state index in [0.29, 0.717) is 5.56 Å². The van der Waals surface area contributed by atoms with E-state index in [1.165, 1.54) is 0 Å². The number of benzene rings is 1. The Bertz CT molecular complexity index is 667. The number of carboxylic acid groups (broad SMARTS) is 1. The number of aromatic nitrogens is 1. The molecule has 1 heterocycles. The molecule has 2 N–H and O–H groups in total. The van der Waals surface area contributed by atoms with Gasteiger partial charge < -0.3 is 15.0 Å². The zero-order valence-corrected chi connectivity index (χ0v) is 12.5. The van der Waals surface area contributed by atoms with Gasteiger partial charge in [0.25, 0.3) is 5.91 Å². The predicted molar refractivity (Wildman–Crippen MR) is 81.3 cm³/mol. The molecule has 21 heavy (non-hydrogen) atoms. The molecule has 2 rings (SSSR count). The van der Waals surface area contributed by atoms with Gasteiger partial charge in [-0.05, 0) is 39.0 Å². The number of fused-ring (bicyclic) bond motifs is 1. The van der Waals surface area contributed by atoms with Gasteiger partial charge >= 0.3 is 5.97 Å². The van der Waals surface area contributed by atoms with Crippen LogP contribution in [0.4, 0.5) is 0 Å². The summed E-state index contributed by atoms with van der Waals surface area (Å²) in [6.45, 7) is 5.91. The Kier molecular flexibility index (Phi) is 4.02. The summed E-state index contributed by atoms with van der Waals surface area (Å²) in [7, 11) is 0. The van der Waals surface area contributed by atoms with Crippen molar-refractivity contribution < 1.29 is 14.7 Å². The summed E-state index contributed by atoms with van der Waals surface area (Å²) in [5, 5.41) is 9.73. The SMILES string of the molecule is CC(C)(C)N(CCC(=O)O)C(=O)c1cccc2[nH]ccc12. The van der Waals surface area contributed by atoms with Gasteiger partial charge in [-0.25, -0.2) is 0 Å². The van der Waals surface area contributed by atoms with Crippen LogP contribution in [0.3, 0.4) is 0 Å². The molecule has 2 aromatic rings. The minimum Gasteiger partial charge on any atom is -0.481 e. The number of carbonyl (C=O) groups is 2. The molecule has 0 aliphatic carbocycles. The minimum absolute atomic E-state index is 0.0634. The summed E-state index contributed by atoms with van der Waals surface area (Å²) in [6.07, 6.45) is 1.73. The highest BCUT2D eigenvalue weighted by atomic mass is 16.4. The van der Waals surface area contributed by atoms with Crippen molar-refractivity contribution in [2.75, 3.05) is 6.54 Å². The van der Waals surface area contributed by atoms with Gasteiger partial charge in [-0.1, -0.05) is 6.07 Å². The van der Waals surface area contributed by atoms with Gasteiger partial charge in [0.2, 0.25) is 0 Å². The molecule has 0 aliphatic heterocycles. The average Bonchev–Trinajstić information content (AvgIpc) is 2.84. The number of H-pyrrole nitrogens is 1. The molecule has 0 saturated carbocycles. The number of nitrogens with one attached hydrogen (secondary N) is 1. The van der Waals surface area contributed by atoms with E-state index >= 15 is 0 Å². The number of hydrogen-bond acceptors (Lipinski definition) is 2. The van der Waals surface area contributed by atoms with Crippen molar-refractivity contribution in [3.8, 4) is 0 Å². The van der Waals surface area contributed by atoms with Crippen molar-refractivity contribution >= 4 is 22.8 Å². The third kappa shape index (κ3) is 3.24. The van der Waals surface area contributed by atoms with Crippen LogP contribution >= 0.6 is 0 Å². The fourth-order valence-electron chi connectivity index (χ4n) is 2.37. The Labute approximate surface area is 123 Å². The Balaban J connectivity index is 2.38. The lowest BCUT2D eigenvalue weighted by Crippen LogP contribution is -2.46. The Morgan fingerprint density at radius 3 is 2.57 bits per heavy atom. The highest BCUT2D eigenvalue weighted by Crippen LogP contribution is 2.23. The van der Waals surface area contributed by atoms with Crippen molar-refractivity contribution in [2.24, 2.45) is 0 Å². The third-order valence-electron chi connectivity index (χ3n) is 3.43. The summed E-state index contributed by atoms with van der Waals surface area (Å²) >= 11 is 0. The van der Waals surface area contributed by atoms with Crippen molar-refractivity contribution in [3.63, 3.8) is 0 Å². The van der Waals surface area contributed by atoms with Crippen molar-refractivity contribution in [2.45, 2.75) is 32.7 Å². The molecule has 0 bridgehead atoms. The van der Waals surface area contributed by atoms with Crippen LogP contribution in [0.15, 0.2) is 30.5 Å². The van der Waals surface area contributed by atoms with Gasteiger partial charge in [-0.15, -0.1) is 0 Å². The van der Waals surface area contributed by atoms with E-state index in [4.69, 9.17) is 5.11 Å². The Morgan fingerprint density at radius 2 is 1.95 bits per heavy atom. The first-order valence-corrected chi connectivity index (χ1v) is 6.90. The van der Waals surface area contributed by atoms with Crippen molar-refractivity contribution in [1.29, 1.82) is 0 Å². The van der Waals surface area contributed by atoms with Gasteiger partial charge in [0, 0.05) is 34.7 Å². The summed E-state index contributed by atoms with van der Waals surface area (Å²) in [5.74, 6) is -1.05. The normalized spacial score (nSPS) is 11.6. The lowest BCUT2D eigenvalue weighted by Gasteiger charge is -2.35. The Morgan fingerprint density at radius 1 is 1.24 bits per heavy atom. The van der Waals surface area contributed by atoms with Crippen molar-refractivity contribution in [3.05, 3.63) is 36.0 Å². The van der Waals surface area contributed by atoms with Crippen LogP contribution in [0.5, 0.6) is 0 Å². The second-order valence-corrected chi connectivity index (χ2v) is 6.02. The van der Waals surface area contributed by atoms with Crippen LogP contribution < -0.4 is 0 Å². The molecule has 1 aromatic carbocycles. The van der Waals surface area contributed by atoms with Gasteiger partial charge in [0.05, 0.1) is 6.42 Å². The molecule has 5 heteroatoms. The number of amides is 1. The largest absolute Gasteiger partial charge is 0.481 e. The van der Waals surface area contributed by atoms with Gasteiger partial charge in [-0.2, -0.15) is 0 Å². The molecule has 0 aliphatic rings. The maximum atomic E-state index is 12.8. The number of carboxylic acids is 1. The van der Waals surface area contributed by atoms with Gasteiger partial charge in [-0.3, -0.25) is 9.59 Å². The fourth-order valence-corrected chi connectivity index (χ4v) is 2.37. The molecular formula is C16H20N2O3. The van der Waals surface area contributed by atoms with Crippen LogP contribution in [0.2, 0.25) is 0 Å². The summed E-state index contributed by atoms with van der Waals surface area (Å²) in [4.78, 5) is 28.3. The number of rotatable bonds is 4. The van der Waals surface area contributed by atoms with Crippen molar-refractivity contribution in [1.82, 2.24) is 9.88 Å². The van der Waals surface area contributed by atoms with E-state index in [1.54, 1.807) is 17.2 Å². The molecule has 1 aromatic heterocycles. The quantitative estimate of drug-likeness (QED) is 0.908. The highest BCUT2D eigenvalue weighted by Gasteiger charge is 2.28. The lowest BCUT2D eigenvalue weighted by atomic mass is 10.0. The monoisotopic (exact) mass is 288 g/mol. The predicted octanol–water partition coefficient (Wildman–Crippen LogP) is 2.88. The maximum Gasteiger partial charge on any atom is 0.305 e. The zero-order chi connectivity index (χ0) is 15.6. The van der Waals surface area contributed by atoms with Crippen LogP contribution in [-0.4, -0.2) is 39.0 Å². The van der Waals surface area contributed by atoms with Crippen LogP contribution in [0.25, 0.3) is 10.9 Å². The molecule has 112 valence electrons. The first-order chi connectivity index (χ1) is 9.80. The lowest BCUT2D eigenvalue weighted by molar-refractivity contribution is -0.137. The topological polar surface area (TPSA) is 73.4 Å². The molecule has 1 amide bonds. The van der Waals surface area contributed by atoms with Gasteiger partial charge in [0.1, 0.15) is 0 Å². The zero-order valence-electron chi connectivity index (χ0n) is 12.5. The van der Waals surface area contributed by atoms with Crippen LogP contribution in [0, 0.1) is 0 Å². The number of hydrogen-bond donors (Lipinski definition) is 2. The average molecular weight is 288 g/mol. The smallest absolute Gasteiger partial charge is 0.305 e. The van der Waals surface area contributed by atoms with E-state index in [0.717, 1.165) is 10.9 Å². The second-order valence-electron chi connectivity index (χ2n) is 6.02. The third-order valence-corrected chi connectivity index (χ3v) is 3.43. The number of nitrogens with zero attached hydrogens (tertiary/aromatic N) is 1. The van der Waals surface area contributed by atoms with E-state index in [-0.39, 0.29) is 18.9 Å². The molecule has 0 spiro atoms.